The molecule has 0 radical (unpaired) electrons. The van der Waals surface area contributed by atoms with Gasteiger partial charge in [-0.2, -0.15) is 5.10 Å². The van der Waals surface area contributed by atoms with Crippen molar-refractivity contribution in [1.82, 2.24) is 29.6 Å². The predicted molar refractivity (Wildman–Crippen MR) is 68.9 cm³/mol. The summed E-state index contributed by atoms with van der Waals surface area (Å²) in [4.78, 5) is 8.59. The predicted octanol–water partition coefficient (Wildman–Crippen LogP) is 0.805. The number of hydrogen-bond acceptors (Lipinski definition) is 4. The van der Waals surface area contributed by atoms with Crippen LogP contribution >= 0.6 is 0 Å². The zero-order chi connectivity index (χ0) is 13.0. The van der Waals surface area contributed by atoms with E-state index in [1.165, 1.54) is 0 Å². The Balaban J connectivity index is 1.97. The average Bonchev–Trinajstić information content (AvgIpc) is 2.90. The summed E-state index contributed by atoms with van der Waals surface area (Å²) >= 11 is 0. The summed E-state index contributed by atoms with van der Waals surface area (Å²) in [5, 5.41) is 7.46. The molecule has 0 aliphatic heterocycles. The number of aromatic nitrogens is 5. The van der Waals surface area contributed by atoms with Gasteiger partial charge in [-0.1, -0.05) is 13.8 Å². The molecule has 0 aliphatic carbocycles. The van der Waals surface area contributed by atoms with Crippen molar-refractivity contribution < 1.29 is 0 Å². The molecule has 0 atom stereocenters. The third-order valence-corrected chi connectivity index (χ3v) is 2.75. The van der Waals surface area contributed by atoms with Gasteiger partial charge in [0.05, 0.1) is 13.1 Å². The van der Waals surface area contributed by atoms with E-state index >= 15 is 0 Å². The Kier molecular flexibility index (Phi) is 4.09. The molecule has 2 aromatic heterocycles. The third kappa shape index (κ3) is 3.16. The van der Waals surface area contributed by atoms with Crippen LogP contribution in [0.4, 0.5) is 0 Å². The Morgan fingerprint density at radius 1 is 1.28 bits per heavy atom. The third-order valence-electron chi connectivity index (χ3n) is 2.75. The summed E-state index contributed by atoms with van der Waals surface area (Å²) in [6.45, 7) is 6.87. The molecular formula is C12H20N6. The molecule has 0 unspecified atom stereocenters. The van der Waals surface area contributed by atoms with Crippen molar-refractivity contribution in [1.29, 1.82) is 0 Å². The highest BCUT2D eigenvalue weighted by Crippen LogP contribution is 2.02. The first kappa shape index (κ1) is 12.8. The molecule has 2 heterocycles. The molecule has 18 heavy (non-hydrogen) atoms. The minimum atomic E-state index is 0.646. The van der Waals surface area contributed by atoms with Crippen LogP contribution < -0.4 is 5.32 Å². The Morgan fingerprint density at radius 3 is 2.78 bits per heavy atom. The fraction of sp³-hybridized carbons (Fsp3) is 0.583. The molecule has 0 spiro atoms. The first-order chi connectivity index (χ1) is 8.66. The highest BCUT2D eigenvalue weighted by atomic mass is 15.3. The number of hydrogen-bond donors (Lipinski definition) is 1. The van der Waals surface area contributed by atoms with Gasteiger partial charge >= 0.3 is 0 Å². The molecule has 6 heteroatoms. The fourth-order valence-corrected chi connectivity index (χ4v) is 1.74. The van der Waals surface area contributed by atoms with E-state index in [2.05, 4.69) is 38.8 Å². The van der Waals surface area contributed by atoms with E-state index in [1.54, 1.807) is 11.0 Å². The monoisotopic (exact) mass is 248 g/mol. The lowest BCUT2D eigenvalue weighted by molar-refractivity contribution is 0.528. The molecule has 0 bridgehead atoms. The highest BCUT2D eigenvalue weighted by Gasteiger charge is 2.06. The molecule has 2 rings (SSSR count). The molecule has 0 fully saturated rings. The summed E-state index contributed by atoms with van der Waals surface area (Å²) in [6, 6.07) is 0. The molecule has 98 valence electrons. The van der Waals surface area contributed by atoms with Crippen LogP contribution in [0.15, 0.2) is 18.7 Å². The van der Waals surface area contributed by atoms with E-state index in [9.17, 15) is 0 Å². The molecular weight excluding hydrogens is 228 g/mol. The van der Waals surface area contributed by atoms with E-state index in [0.29, 0.717) is 12.5 Å². The minimum Gasteiger partial charge on any atom is -0.326 e. The normalized spacial score (nSPS) is 11.3. The van der Waals surface area contributed by atoms with Gasteiger partial charge in [0.25, 0.3) is 0 Å². The SMILES string of the molecule is CC(C)CNCc1nccn1Cc1ncnn1C. The second kappa shape index (κ2) is 5.77. The number of imidazole rings is 1. The van der Waals surface area contributed by atoms with Gasteiger partial charge in [0, 0.05) is 19.4 Å². The van der Waals surface area contributed by atoms with Gasteiger partial charge in [-0.25, -0.2) is 9.97 Å². The van der Waals surface area contributed by atoms with Crippen molar-refractivity contribution in [3.63, 3.8) is 0 Å². The van der Waals surface area contributed by atoms with Crippen LogP contribution in [-0.4, -0.2) is 30.9 Å². The molecule has 2 aromatic rings. The Bertz CT molecular complexity index is 484. The zero-order valence-corrected chi connectivity index (χ0v) is 11.2. The quantitative estimate of drug-likeness (QED) is 0.821. The minimum absolute atomic E-state index is 0.646. The van der Waals surface area contributed by atoms with Crippen LogP contribution in [0.5, 0.6) is 0 Å². The summed E-state index contributed by atoms with van der Waals surface area (Å²) in [6.07, 6.45) is 5.37. The summed E-state index contributed by atoms with van der Waals surface area (Å²) in [5.74, 6) is 2.60. The van der Waals surface area contributed by atoms with Gasteiger partial charge in [0.1, 0.15) is 18.0 Å². The molecule has 0 saturated carbocycles. The Hall–Kier alpha value is -1.69. The van der Waals surface area contributed by atoms with Gasteiger partial charge in [-0.15, -0.1) is 0 Å². The standard InChI is InChI=1S/C12H20N6/c1-10(2)6-13-7-11-14-4-5-18(11)8-12-15-9-16-17(12)3/h4-5,9-10,13H,6-8H2,1-3H3. The average molecular weight is 248 g/mol. The smallest absolute Gasteiger partial charge is 0.146 e. The Morgan fingerprint density at radius 2 is 2.11 bits per heavy atom. The molecule has 0 saturated heterocycles. The fourth-order valence-electron chi connectivity index (χ4n) is 1.74. The lowest BCUT2D eigenvalue weighted by atomic mass is 10.2. The van der Waals surface area contributed by atoms with Crippen molar-refractivity contribution in [2.45, 2.75) is 26.9 Å². The molecule has 0 aromatic carbocycles. The number of nitrogens with one attached hydrogen (secondary N) is 1. The van der Waals surface area contributed by atoms with E-state index in [-0.39, 0.29) is 0 Å². The van der Waals surface area contributed by atoms with Crippen LogP contribution in [0, 0.1) is 5.92 Å². The van der Waals surface area contributed by atoms with Crippen molar-refractivity contribution >= 4 is 0 Å². The second-order valence-electron chi connectivity index (χ2n) is 4.80. The zero-order valence-electron chi connectivity index (χ0n) is 11.2. The van der Waals surface area contributed by atoms with Crippen LogP contribution in [0.1, 0.15) is 25.5 Å². The lowest BCUT2D eigenvalue weighted by Crippen LogP contribution is -2.22. The number of rotatable bonds is 6. The van der Waals surface area contributed by atoms with Gasteiger partial charge in [-0.05, 0) is 12.5 Å². The van der Waals surface area contributed by atoms with Gasteiger partial charge in [0.15, 0.2) is 0 Å². The summed E-state index contributed by atoms with van der Waals surface area (Å²) in [5.41, 5.74) is 0. The number of aryl methyl sites for hydroxylation is 1. The van der Waals surface area contributed by atoms with Crippen LogP contribution in [-0.2, 0) is 20.1 Å². The molecule has 0 amide bonds. The van der Waals surface area contributed by atoms with E-state index in [0.717, 1.165) is 24.7 Å². The number of nitrogens with zero attached hydrogens (tertiary/aromatic N) is 5. The van der Waals surface area contributed by atoms with Gasteiger partial charge in [0.2, 0.25) is 0 Å². The van der Waals surface area contributed by atoms with Crippen LogP contribution in [0.25, 0.3) is 0 Å². The highest BCUT2D eigenvalue weighted by molar-refractivity contribution is 4.96. The summed E-state index contributed by atoms with van der Waals surface area (Å²) < 4.78 is 3.88. The lowest BCUT2D eigenvalue weighted by Gasteiger charge is -2.09. The molecule has 0 aliphatic rings. The van der Waals surface area contributed by atoms with Crippen LogP contribution in [0.2, 0.25) is 0 Å². The Labute approximate surface area is 107 Å². The van der Waals surface area contributed by atoms with Crippen molar-refractivity contribution in [3.8, 4) is 0 Å². The first-order valence-electron chi connectivity index (χ1n) is 6.20. The van der Waals surface area contributed by atoms with E-state index < -0.39 is 0 Å². The van der Waals surface area contributed by atoms with E-state index in [1.807, 2.05) is 19.4 Å². The first-order valence-corrected chi connectivity index (χ1v) is 6.20. The van der Waals surface area contributed by atoms with Gasteiger partial charge < -0.3 is 9.88 Å². The maximum Gasteiger partial charge on any atom is 0.146 e. The maximum absolute atomic E-state index is 4.37. The summed E-state index contributed by atoms with van der Waals surface area (Å²) in [7, 11) is 1.90. The largest absolute Gasteiger partial charge is 0.326 e. The van der Waals surface area contributed by atoms with E-state index in [4.69, 9.17) is 0 Å². The molecule has 6 nitrogen and oxygen atoms in total. The van der Waals surface area contributed by atoms with Gasteiger partial charge in [-0.3, -0.25) is 4.68 Å². The maximum atomic E-state index is 4.37. The second-order valence-corrected chi connectivity index (χ2v) is 4.80. The van der Waals surface area contributed by atoms with Crippen LogP contribution in [0.3, 0.4) is 0 Å². The van der Waals surface area contributed by atoms with Crippen molar-refractivity contribution in [3.05, 3.63) is 30.4 Å². The van der Waals surface area contributed by atoms with Crippen molar-refractivity contribution in [2.75, 3.05) is 6.54 Å². The topological polar surface area (TPSA) is 60.6 Å². The van der Waals surface area contributed by atoms with Crippen molar-refractivity contribution in [2.24, 2.45) is 13.0 Å². The molecule has 1 N–H and O–H groups in total.